The van der Waals surface area contributed by atoms with Gasteiger partial charge in [-0.25, -0.2) is 0 Å². The fourth-order valence-electron chi connectivity index (χ4n) is 3.72. The predicted molar refractivity (Wildman–Crippen MR) is 140 cm³/mol. The Morgan fingerprint density at radius 3 is 1.82 bits per heavy atom. The van der Waals surface area contributed by atoms with E-state index in [1.807, 2.05) is 60.7 Å². The summed E-state index contributed by atoms with van der Waals surface area (Å²) in [5, 5.41) is 8.10. The standard InChI is InChI=1S/C26H28Cl3NO8/c1-16(31)33-15-20-21(36-17(2)32)22(34-13-18-9-5-3-6-10-18)23(35-14-19-11-7-4-8-12-19)24(37-20)38-25(30)26(27,28)29/h3-12,20-24,30H,13-15H2,1-2H3/t20-,21+,22+,23-,24?/m1/s1. The monoisotopic (exact) mass is 587 g/mol. The number of nitrogens with one attached hydrogen (secondary N) is 1. The minimum atomic E-state index is -2.19. The van der Waals surface area contributed by atoms with Gasteiger partial charge in [-0.15, -0.1) is 0 Å². The van der Waals surface area contributed by atoms with Crippen molar-refractivity contribution >= 4 is 52.6 Å². The van der Waals surface area contributed by atoms with Crippen molar-refractivity contribution in [1.82, 2.24) is 0 Å². The highest BCUT2D eigenvalue weighted by atomic mass is 35.6. The molecule has 9 nitrogen and oxygen atoms in total. The van der Waals surface area contributed by atoms with E-state index in [-0.39, 0.29) is 19.8 Å². The number of halogens is 3. The molecule has 2 aromatic rings. The fourth-order valence-corrected chi connectivity index (χ4v) is 3.86. The molecule has 0 saturated carbocycles. The Labute approximate surface area is 235 Å². The normalized spacial score (nSPS) is 23.3. The summed E-state index contributed by atoms with van der Waals surface area (Å²) < 4.78 is 32.6. The maximum atomic E-state index is 12.1. The van der Waals surface area contributed by atoms with Gasteiger partial charge in [0.15, 0.2) is 6.10 Å². The van der Waals surface area contributed by atoms with Crippen LogP contribution in [0.3, 0.4) is 0 Å². The number of carbonyl (C=O) groups excluding carboxylic acids is 2. The van der Waals surface area contributed by atoms with Crippen molar-refractivity contribution in [3.05, 3.63) is 71.8 Å². The molecular formula is C26H28Cl3NO8. The van der Waals surface area contributed by atoms with Crippen molar-refractivity contribution in [2.45, 2.75) is 61.6 Å². The molecule has 5 atom stereocenters. The lowest BCUT2D eigenvalue weighted by Crippen LogP contribution is -2.62. The van der Waals surface area contributed by atoms with Crippen LogP contribution in [-0.4, -0.2) is 58.9 Å². The van der Waals surface area contributed by atoms with Crippen molar-refractivity contribution in [2.24, 2.45) is 0 Å². The molecule has 206 valence electrons. The van der Waals surface area contributed by atoms with E-state index >= 15 is 0 Å². The van der Waals surface area contributed by atoms with Crippen LogP contribution in [0.15, 0.2) is 60.7 Å². The van der Waals surface area contributed by atoms with Crippen LogP contribution in [-0.2, 0) is 51.2 Å². The van der Waals surface area contributed by atoms with E-state index in [1.165, 1.54) is 13.8 Å². The first kappa shape index (κ1) is 30.1. The van der Waals surface area contributed by atoms with Gasteiger partial charge in [-0.05, 0) is 11.1 Å². The maximum Gasteiger partial charge on any atom is 0.303 e. The molecule has 12 heteroatoms. The van der Waals surface area contributed by atoms with Gasteiger partial charge >= 0.3 is 11.9 Å². The van der Waals surface area contributed by atoms with Gasteiger partial charge in [0, 0.05) is 13.8 Å². The van der Waals surface area contributed by atoms with E-state index in [4.69, 9.17) is 68.6 Å². The van der Waals surface area contributed by atoms with E-state index in [0.717, 1.165) is 11.1 Å². The van der Waals surface area contributed by atoms with E-state index < -0.39 is 52.3 Å². The van der Waals surface area contributed by atoms with Gasteiger partial charge in [-0.2, -0.15) is 0 Å². The summed E-state index contributed by atoms with van der Waals surface area (Å²) >= 11 is 17.6. The number of carbonyl (C=O) groups is 2. The van der Waals surface area contributed by atoms with Crippen molar-refractivity contribution in [1.29, 1.82) is 5.41 Å². The highest BCUT2D eigenvalue weighted by Crippen LogP contribution is 2.34. The number of hydrogen-bond acceptors (Lipinski definition) is 9. The van der Waals surface area contributed by atoms with Gasteiger partial charge in [0.25, 0.3) is 3.79 Å². The summed E-state index contributed by atoms with van der Waals surface area (Å²) in [6.45, 7) is 2.38. The molecule has 1 aliphatic heterocycles. The number of esters is 2. The SMILES string of the molecule is CC(=O)OC[C@H]1OC(OC(=N)C(Cl)(Cl)Cl)[C@H](OCc2ccccc2)[C@@H](OCc2ccccc2)[C@H]1OC(C)=O. The second-order valence-electron chi connectivity index (χ2n) is 8.39. The lowest BCUT2D eigenvalue weighted by atomic mass is 9.98. The predicted octanol–water partition coefficient (Wildman–Crippen LogP) is 4.74. The number of alkyl halides is 3. The lowest BCUT2D eigenvalue weighted by Gasteiger charge is -2.45. The molecule has 1 fully saturated rings. The second kappa shape index (κ2) is 14.1. The number of ether oxygens (including phenoxy) is 6. The Morgan fingerprint density at radius 2 is 1.34 bits per heavy atom. The van der Waals surface area contributed by atoms with E-state index in [1.54, 1.807) is 0 Å². The third kappa shape index (κ3) is 9.11. The molecule has 0 radical (unpaired) electrons. The van der Waals surface area contributed by atoms with Gasteiger partial charge in [0.2, 0.25) is 12.2 Å². The van der Waals surface area contributed by atoms with Crippen molar-refractivity contribution in [2.75, 3.05) is 6.61 Å². The van der Waals surface area contributed by atoms with Crippen LogP contribution in [0, 0.1) is 5.41 Å². The zero-order chi connectivity index (χ0) is 27.7. The highest BCUT2D eigenvalue weighted by molar-refractivity contribution is 6.76. The first-order chi connectivity index (χ1) is 18.0. The average Bonchev–Trinajstić information content (AvgIpc) is 2.87. The van der Waals surface area contributed by atoms with Gasteiger partial charge in [-0.3, -0.25) is 15.0 Å². The lowest BCUT2D eigenvalue weighted by molar-refractivity contribution is -0.305. The molecule has 1 unspecified atom stereocenters. The van der Waals surface area contributed by atoms with Crippen LogP contribution in [0.5, 0.6) is 0 Å². The van der Waals surface area contributed by atoms with E-state index in [9.17, 15) is 9.59 Å². The van der Waals surface area contributed by atoms with Crippen LogP contribution >= 0.6 is 34.8 Å². The van der Waals surface area contributed by atoms with E-state index in [2.05, 4.69) is 0 Å². The van der Waals surface area contributed by atoms with Gasteiger partial charge in [-0.1, -0.05) is 95.5 Å². The number of benzene rings is 2. The summed E-state index contributed by atoms with van der Waals surface area (Å²) in [5.41, 5.74) is 1.67. The molecule has 2 aromatic carbocycles. The third-order valence-electron chi connectivity index (χ3n) is 5.41. The Balaban J connectivity index is 1.97. The fraction of sp³-hybridized carbons (Fsp3) is 0.423. The topological polar surface area (TPSA) is 113 Å². The van der Waals surface area contributed by atoms with Crippen LogP contribution in [0.4, 0.5) is 0 Å². The van der Waals surface area contributed by atoms with Crippen LogP contribution in [0.25, 0.3) is 0 Å². The van der Waals surface area contributed by atoms with Gasteiger partial charge < -0.3 is 28.4 Å². The molecule has 1 aliphatic rings. The first-order valence-corrected chi connectivity index (χ1v) is 12.8. The van der Waals surface area contributed by atoms with Gasteiger partial charge in [0.05, 0.1) is 13.2 Å². The molecule has 0 bridgehead atoms. The molecule has 3 rings (SSSR count). The molecule has 1 N–H and O–H groups in total. The maximum absolute atomic E-state index is 12.1. The summed E-state index contributed by atoms with van der Waals surface area (Å²) in [5.74, 6) is -1.92. The summed E-state index contributed by atoms with van der Waals surface area (Å²) in [7, 11) is 0. The second-order valence-corrected chi connectivity index (χ2v) is 10.7. The molecule has 0 aromatic heterocycles. The Bertz CT molecular complexity index is 1070. The first-order valence-electron chi connectivity index (χ1n) is 11.6. The van der Waals surface area contributed by atoms with Crippen LogP contribution < -0.4 is 0 Å². The molecule has 0 aliphatic carbocycles. The smallest absolute Gasteiger partial charge is 0.303 e. The Kier molecular flexibility index (Phi) is 11.2. The van der Waals surface area contributed by atoms with Crippen LogP contribution in [0.2, 0.25) is 0 Å². The van der Waals surface area contributed by atoms with Crippen molar-refractivity contribution in [3.63, 3.8) is 0 Å². The zero-order valence-electron chi connectivity index (χ0n) is 20.7. The zero-order valence-corrected chi connectivity index (χ0v) is 22.9. The van der Waals surface area contributed by atoms with Crippen LogP contribution in [0.1, 0.15) is 25.0 Å². The Morgan fingerprint density at radius 1 is 0.816 bits per heavy atom. The number of hydrogen-bond donors (Lipinski definition) is 1. The summed E-state index contributed by atoms with van der Waals surface area (Å²) in [6.07, 6.45) is -5.53. The molecule has 38 heavy (non-hydrogen) atoms. The molecule has 0 spiro atoms. The summed E-state index contributed by atoms with van der Waals surface area (Å²) in [6, 6.07) is 18.6. The van der Waals surface area contributed by atoms with Gasteiger partial charge in [0.1, 0.15) is 24.9 Å². The largest absolute Gasteiger partial charge is 0.463 e. The molecular weight excluding hydrogens is 561 g/mol. The molecule has 0 amide bonds. The van der Waals surface area contributed by atoms with Crippen molar-refractivity contribution < 1.29 is 38.0 Å². The van der Waals surface area contributed by atoms with E-state index in [0.29, 0.717) is 0 Å². The third-order valence-corrected chi connectivity index (χ3v) is 5.92. The average molecular weight is 589 g/mol. The minimum absolute atomic E-state index is 0.0996. The minimum Gasteiger partial charge on any atom is -0.463 e. The highest BCUT2D eigenvalue weighted by Gasteiger charge is 2.52. The Hall–Kier alpha value is -2.40. The van der Waals surface area contributed by atoms with Crippen molar-refractivity contribution in [3.8, 4) is 0 Å². The molecule has 1 saturated heterocycles. The number of rotatable bonds is 10. The summed E-state index contributed by atoms with van der Waals surface area (Å²) in [4.78, 5) is 23.7. The quantitative estimate of drug-likeness (QED) is 0.183. The molecule has 1 heterocycles.